The standard InChI is InChI=1S/C17H16N4O/c22-17(19-10-13-6-2-1-3-7-13)20-12-14-11-18-15-8-4-5-9-16(15)21-14/h1-9,11H,10,12H2,(H2,19,20,22). The lowest BCUT2D eigenvalue weighted by Gasteiger charge is -2.07. The summed E-state index contributed by atoms with van der Waals surface area (Å²) >= 11 is 0. The molecule has 0 aliphatic carbocycles. The third-order valence-corrected chi connectivity index (χ3v) is 3.22. The summed E-state index contributed by atoms with van der Waals surface area (Å²) in [6.07, 6.45) is 1.68. The molecule has 22 heavy (non-hydrogen) atoms. The number of nitrogens with one attached hydrogen (secondary N) is 2. The summed E-state index contributed by atoms with van der Waals surface area (Å²) in [5.74, 6) is 0. The van der Waals surface area contributed by atoms with E-state index in [1.54, 1.807) is 6.20 Å². The molecule has 0 bridgehead atoms. The molecular weight excluding hydrogens is 276 g/mol. The second-order valence-corrected chi connectivity index (χ2v) is 4.87. The van der Waals surface area contributed by atoms with E-state index in [0.717, 1.165) is 22.3 Å². The van der Waals surface area contributed by atoms with E-state index in [9.17, 15) is 4.79 Å². The fraction of sp³-hybridized carbons (Fsp3) is 0.118. The molecule has 0 unspecified atom stereocenters. The van der Waals surface area contributed by atoms with Crippen molar-refractivity contribution in [1.82, 2.24) is 20.6 Å². The van der Waals surface area contributed by atoms with Gasteiger partial charge in [-0.2, -0.15) is 0 Å². The normalized spacial score (nSPS) is 10.4. The van der Waals surface area contributed by atoms with Crippen LogP contribution in [0.5, 0.6) is 0 Å². The van der Waals surface area contributed by atoms with Crippen LogP contribution in [0.4, 0.5) is 4.79 Å². The fourth-order valence-electron chi connectivity index (χ4n) is 2.09. The van der Waals surface area contributed by atoms with E-state index < -0.39 is 0 Å². The van der Waals surface area contributed by atoms with Crippen molar-refractivity contribution in [2.45, 2.75) is 13.1 Å². The third-order valence-electron chi connectivity index (χ3n) is 3.22. The van der Waals surface area contributed by atoms with Gasteiger partial charge in [0.2, 0.25) is 0 Å². The number of amides is 2. The van der Waals surface area contributed by atoms with E-state index in [-0.39, 0.29) is 6.03 Å². The minimum Gasteiger partial charge on any atom is -0.334 e. The van der Waals surface area contributed by atoms with E-state index in [0.29, 0.717) is 13.1 Å². The predicted octanol–water partition coefficient (Wildman–Crippen LogP) is 2.63. The molecule has 1 heterocycles. The van der Waals surface area contributed by atoms with Gasteiger partial charge >= 0.3 is 6.03 Å². The fourth-order valence-corrected chi connectivity index (χ4v) is 2.09. The van der Waals surface area contributed by atoms with E-state index in [2.05, 4.69) is 20.6 Å². The van der Waals surface area contributed by atoms with Crippen molar-refractivity contribution in [3.63, 3.8) is 0 Å². The smallest absolute Gasteiger partial charge is 0.315 e. The van der Waals surface area contributed by atoms with Crippen molar-refractivity contribution in [3.8, 4) is 0 Å². The second kappa shape index (κ2) is 6.67. The number of rotatable bonds is 4. The second-order valence-electron chi connectivity index (χ2n) is 4.87. The molecule has 5 heteroatoms. The molecule has 0 saturated heterocycles. The van der Waals surface area contributed by atoms with Crippen molar-refractivity contribution in [2.75, 3.05) is 0 Å². The summed E-state index contributed by atoms with van der Waals surface area (Å²) in [7, 11) is 0. The maximum Gasteiger partial charge on any atom is 0.315 e. The first-order chi connectivity index (χ1) is 10.8. The first-order valence-electron chi connectivity index (χ1n) is 7.07. The molecule has 110 valence electrons. The van der Waals surface area contributed by atoms with E-state index in [1.807, 2.05) is 54.6 Å². The molecule has 2 N–H and O–H groups in total. The Balaban J connectivity index is 1.53. The monoisotopic (exact) mass is 292 g/mol. The minimum absolute atomic E-state index is 0.223. The van der Waals surface area contributed by atoms with Crippen LogP contribution in [0, 0.1) is 0 Å². The summed E-state index contributed by atoms with van der Waals surface area (Å²) < 4.78 is 0. The Labute approximate surface area is 128 Å². The Kier molecular flexibility index (Phi) is 4.25. The van der Waals surface area contributed by atoms with Gasteiger partial charge < -0.3 is 10.6 Å². The summed E-state index contributed by atoms with van der Waals surface area (Å²) in [4.78, 5) is 20.6. The lowest BCUT2D eigenvalue weighted by molar-refractivity contribution is 0.240. The topological polar surface area (TPSA) is 66.9 Å². The maximum atomic E-state index is 11.8. The van der Waals surface area contributed by atoms with Gasteiger partial charge in [0.05, 0.1) is 29.5 Å². The van der Waals surface area contributed by atoms with Crippen molar-refractivity contribution < 1.29 is 4.79 Å². The highest BCUT2D eigenvalue weighted by Crippen LogP contribution is 2.08. The number of carbonyl (C=O) groups is 1. The number of urea groups is 1. The minimum atomic E-state index is -0.223. The van der Waals surface area contributed by atoms with Crippen LogP contribution in [0.1, 0.15) is 11.3 Å². The molecule has 1 aromatic heterocycles. The highest BCUT2D eigenvalue weighted by molar-refractivity contribution is 5.75. The number of fused-ring (bicyclic) bond motifs is 1. The van der Waals surface area contributed by atoms with Crippen molar-refractivity contribution in [2.24, 2.45) is 0 Å². The molecule has 0 fully saturated rings. The average Bonchev–Trinajstić information content (AvgIpc) is 2.59. The van der Waals surface area contributed by atoms with E-state index in [1.165, 1.54) is 0 Å². The van der Waals surface area contributed by atoms with Gasteiger partial charge in [0.15, 0.2) is 0 Å². The zero-order valence-corrected chi connectivity index (χ0v) is 12.0. The van der Waals surface area contributed by atoms with Gasteiger partial charge in [-0.3, -0.25) is 4.98 Å². The molecule has 0 aliphatic rings. The molecule has 2 aromatic carbocycles. The summed E-state index contributed by atoms with van der Waals surface area (Å²) in [5, 5.41) is 5.59. The Morgan fingerprint density at radius 2 is 1.55 bits per heavy atom. The van der Waals surface area contributed by atoms with Gasteiger partial charge in [0.1, 0.15) is 0 Å². The summed E-state index contributed by atoms with van der Waals surface area (Å²) in [6.45, 7) is 0.842. The van der Waals surface area contributed by atoms with Gasteiger partial charge in [-0.05, 0) is 17.7 Å². The van der Waals surface area contributed by atoms with Crippen LogP contribution in [-0.4, -0.2) is 16.0 Å². The Bertz CT molecular complexity index is 774. The predicted molar refractivity (Wildman–Crippen MR) is 85.1 cm³/mol. The molecule has 0 radical (unpaired) electrons. The SMILES string of the molecule is O=C(NCc1ccccc1)NCc1cnc2ccccc2n1. The molecular formula is C17H16N4O. The summed E-state index contributed by atoms with van der Waals surface area (Å²) in [6, 6.07) is 17.2. The molecule has 0 atom stereocenters. The Morgan fingerprint density at radius 1 is 0.864 bits per heavy atom. The Hall–Kier alpha value is -2.95. The molecule has 5 nitrogen and oxygen atoms in total. The van der Waals surface area contributed by atoms with Crippen LogP contribution < -0.4 is 10.6 Å². The van der Waals surface area contributed by atoms with Crippen LogP contribution in [0.2, 0.25) is 0 Å². The quantitative estimate of drug-likeness (QED) is 0.777. The zero-order valence-electron chi connectivity index (χ0n) is 12.0. The first-order valence-corrected chi connectivity index (χ1v) is 7.07. The molecule has 3 rings (SSSR count). The van der Waals surface area contributed by atoms with Gasteiger partial charge in [-0.15, -0.1) is 0 Å². The number of aromatic nitrogens is 2. The molecule has 0 saturated carbocycles. The highest BCUT2D eigenvalue weighted by Gasteiger charge is 2.03. The number of nitrogens with zero attached hydrogens (tertiary/aromatic N) is 2. The average molecular weight is 292 g/mol. The van der Waals surface area contributed by atoms with Crippen LogP contribution >= 0.6 is 0 Å². The molecule has 2 amide bonds. The first kappa shape index (κ1) is 14.0. The van der Waals surface area contributed by atoms with Crippen LogP contribution in [0.25, 0.3) is 11.0 Å². The number of hydrogen-bond acceptors (Lipinski definition) is 3. The third kappa shape index (κ3) is 3.58. The molecule has 0 aliphatic heterocycles. The number of para-hydroxylation sites is 2. The van der Waals surface area contributed by atoms with Gasteiger partial charge in [0, 0.05) is 6.54 Å². The molecule has 0 spiro atoms. The van der Waals surface area contributed by atoms with E-state index >= 15 is 0 Å². The highest BCUT2D eigenvalue weighted by atomic mass is 16.2. The lowest BCUT2D eigenvalue weighted by Crippen LogP contribution is -2.34. The largest absolute Gasteiger partial charge is 0.334 e. The van der Waals surface area contributed by atoms with Crippen LogP contribution in [0.15, 0.2) is 60.8 Å². The molecule has 3 aromatic rings. The van der Waals surface area contributed by atoms with Gasteiger partial charge in [-0.25, -0.2) is 9.78 Å². The van der Waals surface area contributed by atoms with Crippen molar-refractivity contribution >= 4 is 17.1 Å². The lowest BCUT2D eigenvalue weighted by atomic mass is 10.2. The maximum absolute atomic E-state index is 11.8. The van der Waals surface area contributed by atoms with Gasteiger partial charge in [-0.1, -0.05) is 42.5 Å². The van der Waals surface area contributed by atoms with Gasteiger partial charge in [0.25, 0.3) is 0 Å². The van der Waals surface area contributed by atoms with Crippen LogP contribution in [-0.2, 0) is 13.1 Å². The number of benzene rings is 2. The van der Waals surface area contributed by atoms with Crippen LogP contribution in [0.3, 0.4) is 0 Å². The number of carbonyl (C=O) groups excluding carboxylic acids is 1. The van der Waals surface area contributed by atoms with E-state index in [4.69, 9.17) is 0 Å². The van der Waals surface area contributed by atoms with Crippen molar-refractivity contribution in [3.05, 3.63) is 72.1 Å². The number of hydrogen-bond donors (Lipinski definition) is 2. The Morgan fingerprint density at radius 3 is 2.36 bits per heavy atom. The zero-order chi connectivity index (χ0) is 15.2. The van der Waals surface area contributed by atoms with Crippen molar-refractivity contribution in [1.29, 1.82) is 0 Å². The summed E-state index contributed by atoms with van der Waals surface area (Å²) in [5.41, 5.74) is 3.46.